The first kappa shape index (κ1) is 23.7. The summed E-state index contributed by atoms with van der Waals surface area (Å²) in [5.41, 5.74) is 3.46. The molecule has 33 heavy (non-hydrogen) atoms. The highest BCUT2D eigenvalue weighted by Gasteiger charge is 2.34. The van der Waals surface area contributed by atoms with Gasteiger partial charge in [0.05, 0.1) is 17.1 Å². The number of hydrogen-bond acceptors (Lipinski definition) is 7. The van der Waals surface area contributed by atoms with Crippen LogP contribution in [0.15, 0.2) is 29.2 Å². The largest absolute Gasteiger partial charge is 0.462 e. The van der Waals surface area contributed by atoms with E-state index in [1.807, 2.05) is 31.2 Å². The summed E-state index contributed by atoms with van der Waals surface area (Å²) in [6.07, 6.45) is 5.54. The lowest BCUT2D eigenvalue weighted by Gasteiger charge is -2.14. The Kier molecular flexibility index (Phi) is 7.31. The molecule has 2 amide bonds. The summed E-state index contributed by atoms with van der Waals surface area (Å²) in [5, 5.41) is 3.33. The van der Waals surface area contributed by atoms with E-state index in [0.29, 0.717) is 19.8 Å². The highest BCUT2D eigenvalue weighted by molar-refractivity contribution is 8.26. The van der Waals surface area contributed by atoms with Gasteiger partial charge in [0.1, 0.15) is 15.9 Å². The number of anilines is 1. The Morgan fingerprint density at radius 3 is 2.67 bits per heavy atom. The molecule has 0 radical (unpaired) electrons. The van der Waals surface area contributed by atoms with Crippen molar-refractivity contribution in [2.75, 3.05) is 18.5 Å². The topological polar surface area (TPSA) is 75.7 Å². The van der Waals surface area contributed by atoms with E-state index in [-0.39, 0.29) is 19.1 Å². The molecule has 1 aromatic heterocycles. The molecule has 172 valence electrons. The van der Waals surface area contributed by atoms with E-state index in [4.69, 9.17) is 17.0 Å². The maximum Gasteiger partial charge on any atom is 0.341 e. The summed E-state index contributed by atoms with van der Waals surface area (Å²) in [7, 11) is 0. The van der Waals surface area contributed by atoms with Crippen molar-refractivity contribution < 1.29 is 19.1 Å². The maximum atomic E-state index is 12.9. The van der Waals surface area contributed by atoms with Crippen LogP contribution in [0.1, 0.15) is 51.7 Å². The molecule has 1 aromatic carbocycles. The molecule has 1 aliphatic carbocycles. The summed E-state index contributed by atoms with van der Waals surface area (Å²) in [4.78, 5) is 41.3. The third-order valence-corrected chi connectivity index (χ3v) is 8.04. The van der Waals surface area contributed by atoms with Gasteiger partial charge in [-0.05, 0) is 56.7 Å². The van der Waals surface area contributed by atoms with E-state index < -0.39 is 11.9 Å². The first-order valence-corrected chi connectivity index (χ1v) is 12.8. The molecule has 1 aliphatic heterocycles. The predicted octanol–water partition coefficient (Wildman–Crippen LogP) is 4.95. The minimum absolute atomic E-state index is 0.208. The molecule has 2 heterocycles. The number of ether oxygens (including phenoxy) is 1. The van der Waals surface area contributed by atoms with Gasteiger partial charge < -0.3 is 10.1 Å². The number of aryl methyl sites for hydroxylation is 2. The van der Waals surface area contributed by atoms with Gasteiger partial charge in [-0.3, -0.25) is 14.5 Å². The van der Waals surface area contributed by atoms with Gasteiger partial charge >= 0.3 is 5.97 Å². The van der Waals surface area contributed by atoms with Crippen LogP contribution < -0.4 is 5.32 Å². The standard InChI is InChI=1S/C24H24N2O4S3/c1-3-30-23(29)20-16-6-4-5-7-17(16)32-21(20)25-19(27)13-26-22(28)18(33-24(26)31)12-15-10-8-14(2)9-11-15/h8-12H,3-7,13H2,1-2H3,(H,25,27). The van der Waals surface area contributed by atoms with E-state index >= 15 is 0 Å². The number of esters is 1. The lowest BCUT2D eigenvalue weighted by Crippen LogP contribution is -2.36. The monoisotopic (exact) mass is 500 g/mol. The van der Waals surface area contributed by atoms with Gasteiger partial charge in [0.2, 0.25) is 5.91 Å². The second-order valence-corrected chi connectivity index (χ2v) is 10.6. The van der Waals surface area contributed by atoms with Crippen molar-refractivity contribution in [3.8, 4) is 0 Å². The molecule has 6 nitrogen and oxygen atoms in total. The molecule has 1 N–H and O–H groups in total. The van der Waals surface area contributed by atoms with E-state index in [1.165, 1.54) is 28.0 Å². The number of fused-ring (bicyclic) bond motifs is 1. The summed E-state index contributed by atoms with van der Waals surface area (Å²) in [6, 6.07) is 7.82. The van der Waals surface area contributed by atoms with Crippen LogP contribution >= 0.6 is 35.3 Å². The number of hydrogen-bond donors (Lipinski definition) is 1. The zero-order valence-electron chi connectivity index (χ0n) is 18.4. The number of nitrogens with one attached hydrogen (secondary N) is 1. The van der Waals surface area contributed by atoms with Gasteiger partial charge in [-0.2, -0.15) is 0 Å². The second kappa shape index (κ2) is 10.2. The highest BCUT2D eigenvalue weighted by Crippen LogP contribution is 2.39. The Morgan fingerprint density at radius 2 is 1.94 bits per heavy atom. The van der Waals surface area contributed by atoms with E-state index in [9.17, 15) is 14.4 Å². The highest BCUT2D eigenvalue weighted by atomic mass is 32.2. The Labute approximate surface area is 206 Å². The van der Waals surface area contributed by atoms with Crippen LogP contribution in [0.5, 0.6) is 0 Å². The predicted molar refractivity (Wildman–Crippen MR) is 137 cm³/mol. The van der Waals surface area contributed by atoms with Crippen molar-refractivity contribution in [3.63, 3.8) is 0 Å². The Hall–Kier alpha value is -2.49. The van der Waals surface area contributed by atoms with Gasteiger partial charge in [-0.15, -0.1) is 11.3 Å². The maximum absolute atomic E-state index is 12.9. The van der Waals surface area contributed by atoms with Crippen molar-refractivity contribution in [3.05, 3.63) is 56.3 Å². The molecule has 0 bridgehead atoms. The van der Waals surface area contributed by atoms with Gasteiger partial charge in [-0.25, -0.2) is 4.79 Å². The fourth-order valence-corrected chi connectivity index (χ4v) is 6.38. The van der Waals surface area contributed by atoms with Crippen molar-refractivity contribution in [2.24, 2.45) is 0 Å². The number of carbonyl (C=O) groups excluding carboxylic acids is 3. The fraction of sp³-hybridized carbons (Fsp3) is 0.333. The Bertz CT molecular complexity index is 1150. The fourth-order valence-electron chi connectivity index (χ4n) is 3.83. The van der Waals surface area contributed by atoms with Gasteiger partial charge in [0.15, 0.2) is 0 Å². The van der Waals surface area contributed by atoms with Crippen molar-refractivity contribution in [2.45, 2.75) is 39.5 Å². The second-order valence-electron chi connectivity index (χ2n) is 7.86. The van der Waals surface area contributed by atoms with Crippen LogP contribution in [0.2, 0.25) is 0 Å². The van der Waals surface area contributed by atoms with E-state index in [0.717, 1.165) is 47.3 Å². The van der Waals surface area contributed by atoms with Gasteiger partial charge in [0, 0.05) is 4.88 Å². The molecule has 1 fully saturated rings. The number of thiophene rings is 1. The van der Waals surface area contributed by atoms with Gasteiger partial charge in [-0.1, -0.05) is 53.8 Å². The average molecular weight is 501 g/mol. The molecule has 0 unspecified atom stereocenters. The average Bonchev–Trinajstić information content (AvgIpc) is 3.27. The lowest BCUT2D eigenvalue weighted by molar-refractivity contribution is -0.126. The van der Waals surface area contributed by atoms with Crippen molar-refractivity contribution in [1.82, 2.24) is 4.90 Å². The minimum atomic E-state index is -0.418. The quantitative estimate of drug-likeness (QED) is 0.344. The molecule has 0 spiro atoms. The zero-order chi connectivity index (χ0) is 23.5. The van der Waals surface area contributed by atoms with Crippen LogP contribution in [0.25, 0.3) is 6.08 Å². The van der Waals surface area contributed by atoms with Crippen molar-refractivity contribution in [1.29, 1.82) is 0 Å². The zero-order valence-corrected chi connectivity index (χ0v) is 20.9. The number of carbonyl (C=O) groups is 3. The van der Waals surface area contributed by atoms with Crippen LogP contribution in [-0.2, 0) is 27.2 Å². The third-order valence-electron chi connectivity index (χ3n) is 5.45. The molecule has 9 heteroatoms. The molecule has 0 saturated carbocycles. The van der Waals surface area contributed by atoms with Gasteiger partial charge in [0.25, 0.3) is 5.91 Å². The molecule has 4 rings (SSSR count). The number of thioether (sulfide) groups is 1. The smallest absolute Gasteiger partial charge is 0.341 e. The third kappa shape index (κ3) is 5.20. The SMILES string of the molecule is CCOC(=O)c1c(NC(=O)CN2C(=O)C(=Cc3ccc(C)cc3)SC2=S)sc2c1CCCC2. The normalized spacial score (nSPS) is 16.8. The summed E-state index contributed by atoms with van der Waals surface area (Å²) < 4.78 is 5.58. The molecule has 2 aliphatic rings. The number of nitrogens with zero attached hydrogens (tertiary/aromatic N) is 1. The number of benzene rings is 1. The minimum Gasteiger partial charge on any atom is -0.462 e. The van der Waals surface area contributed by atoms with Crippen LogP contribution in [0.3, 0.4) is 0 Å². The van der Waals surface area contributed by atoms with E-state index in [1.54, 1.807) is 13.0 Å². The molecular formula is C24H24N2O4S3. The van der Waals surface area contributed by atoms with E-state index in [2.05, 4.69) is 5.32 Å². The lowest BCUT2D eigenvalue weighted by atomic mass is 9.95. The molecule has 0 atom stereocenters. The summed E-state index contributed by atoms with van der Waals surface area (Å²) in [6.45, 7) is 3.81. The molecular weight excluding hydrogens is 476 g/mol. The van der Waals surface area contributed by atoms with Crippen LogP contribution in [0, 0.1) is 6.92 Å². The number of amides is 2. The first-order valence-electron chi connectivity index (χ1n) is 10.8. The van der Waals surface area contributed by atoms with Crippen molar-refractivity contribution >= 4 is 68.5 Å². The number of thiocarbonyl (C=S) groups is 1. The number of rotatable bonds is 6. The van der Waals surface area contributed by atoms with Crippen LogP contribution in [-0.4, -0.2) is 40.2 Å². The molecule has 1 saturated heterocycles. The Morgan fingerprint density at radius 1 is 1.21 bits per heavy atom. The summed E-state index contributed by atoms with van der Waals surface area (Å²) >= 11 is 7.97. The molecule has 2 aromatic rings. The van der Waals surface area contributed by atoms with Crippen LogP contribution in [0.4, 0.5) is 5.00 Å². The summed E-state index contributed by atoms with van der Waals surface area (Å²) in [5.74, 6) is -1.11. The first-order chi connectivity index (χ1) is 15.9. The Balaban J connectivity index is 1.49.